The minimum Gasteiger partial charge on any atom is -0.494 e. The largest absolute Gasteiger partial charge is 0.494 e. The summed E-state index contributed by atoms with van der Waals surface area (Å²) < 4.78 is 18.7. The topological polar surface area (TPSA) is 33.0 Å². The summed E-state index contributed by atoms with van der Waals surface area (Å²) in [6.45, 7) is 0.494. The third-order valence-corrected chi connectivity index (χ3v) is 3.34. The summed E-state index contributed by atoms with van der Waals surface area (Å²) in [5.41, 5.74) is 0.709. The van der Waals surface area contributed by atoms with Gasteiger partial charge in [0.05, 0.1) is 18.6 Å². The molecule has 1 unspecified atom stereocenters. The second-order valence-corrected chi connectivity index (χ2v) is 5.12. The van der Waals surface area contributed by atoms with Gasteiger partial charge < -0.3 is 4.74 Å². The van der Waals surface area contributed by atoms with Gasteiger partial charge in [0.2, 0.25) is 0 Å². The highest BCUT2D eigenvalue weighted by Crippen LogP contribution is 2.22. The van der Waals surface area contributed by atoms with Crippen molar-refractivity contribution in [2.75, 3.05) is 6.61 Å². The van der Waals surface area contributed by atoms with Crippen molar-refractivity contribution in [1.29, 1.82) is 5.26 Å². The molecule has 0 bridgehead atoms. The molecule has 0 heterocycles. The normalized spacial score (nSPS) is 11.7. The van der Waals surface area contributed by atoms with Crippen LogP contribution < -0.4 is 4.74 Å². The van der Waals surface area contributed by atoms with Crippen LogP contribution in [-0.4, -0.2) is 6.61 Å². The van der Waals surface area contributed by atoms with Gasteiger partial charge in [0.1, 0.15) is 11.6 Å². The van der Waals surface area contributed by atoms with Crippen LogP contribution in [0, 0.1) is 17.1 Å². The van der Waals surface area contributed by atoms with Crippen LogP contribution in [0.4, 0.5) is 4.39 Å². The Kier molecular flexibility index (Phi) is 5.59. The quantitative estimate of drug-likeness (QED) is 0.708. The zero-order valence-electron chi connectivity index (χ0n) is 11.4. The Hall–Kier alpha value is -2.05. The van der Waals surface area contributed by atoms with Crippen molar-refractivity contribution < 1.29 is 9.13 Å². The Morgan fingerprint density at radius 1 is 1.19 bits per heavy atom. The summed E-state index contributed by atoms with van der Waals surface area (Å²) in [5, 5.41) is 9.82. The fraction of sp³-hybridized carbons (Fsp3) is 0.235. The Balaban J connectivity index is 1.83. The number of benzene rings is 2. The number of nitrogens with zero attached hydrogens (tertiary/aromatic N) is 1. The molecule has 0 aliphatic carbocycles. The van der Waals surface area contributed by atoms with Crippen molar-refractivity contribution >= 4 is 11.6 Å². The molecule has 0 aliphatic heterocycles. The van der Waals surface area contributed by atoms with Crippen LogP contribution in [-0.2, 0) is 0 Å². The summed E-state index contributed by atoms with van der Waals surface area (Å²) in [6, 6.07) is 15.6. The molecule has 2 nitrogen and oxygen atoms in total. The molecule has 2 aromatic carbocycles. The van der Waals surface area contributed by atoms with E-state index in [0.29, 0.717) is 35.8 Å². The lowest BCUT2D eigenvalue weighted by atomic mass is 9.96. The number of rotatable bonds is 6. The Morgan fingerprint density at radius 3 is 2.71 bits per heavy atom. The fourth-order valence-electron chi connectivity index (χ4n) is 2.06. The summed E-state index contributed by atoms with van der Waals surface area (Å²) in [4.78, 5) is 0. The van der Waals surface area contributed by atoms with Crippen LogP contribution in [0.3, 0.4) is 0 Å². The minimum absolute atomic E-state index is 0.316. The third kappa shape index (κ3) is 4.77. The first-order valence-electron chi connectivity index (χ1n) is 6.72. The molecule has 0 saturated heterocycles. The van der Waals surface area contributed by atoms with E-state index < -0.39 is 0 Å². The molecule has 0 radical (unpaired) electrons. The molecule has 0 aliphatic rings. The summed E-state index contributed by atoms with van der Waals surface area (Å²) in [5.74, 6) is 0.0772. The number of ether oxygens (including phenoxy) is 1. The minimum atomic E-state index is -0.317. The van der Waals surface area contributed by atoms with E-state index in [-0.39, 0.29) is 11.7 Å². The first-order chi connectivity index (χ1) is 10.2. The van der Waals surface area contributed by atoms with Crippen LogP contribution in [0.25, 0.3) is 0 Å². The van der Waals surface area contributed by atoms with Gasteiger partial charge in [0, 0.05) is 5.02 Å². The SMILES string of the molecule is N#CC(CCCOc1cccc(Cl)c1)c1cccc(F)c1. The van der Waals surface area contributed by atoms with Crippen molar-refractivity contribution in [2.24, 2.45) is 0 Å². The maximum atomic E-state index is 13.2. The van der Waals surface area contributed by atoms with Crippen molar-refractivity contribution in [3.63, 3.8) is 0 Å². The molecular formula is C17H15ClFNO. The molecule has 108 valence electrons. The van der Waals surface area contributed by atoms with Crippen LogP contribution in [0.1, 0.15) is 24.3 Å². The van der Waals surface area contributed by atoms with Crippen molar-refractivity contribution in [3.05, 3.63) is 64.9 Å². The van der Waals surface area contributed by atoms with Crippen LogP contribution in [0.2, 0.25) is 5.02 Å². The molecule has 0 N–H and O–H groups in total. The number of halogens is 2. The van der Waals surface area contributed by atoms with E-state index in [9.17, 15) is 9.65 Å². The van der Waals surface area contributed by atoms with E-state index in [4.69, 9.17) is 16.3 Å². The monoisotopic (exact) mass is 303 g/mol. The molecule has 2 rings (SSSR count). The van der Waals surface area contributed by atoms with Gasteiger partial charge in [-0.25, -0.2) is 4.39 Å². The average Bonchev–Trinajstić information content (AvgIpc) is 2.47. The average molecular weight is 304 g/mol. The fourth-order valence-corrected chi connectivity index (χ4v) is 2.24. The summed E-state index contributed by atoms with van der Waals surface area (Å²) in [7, 11) is 0. The molecule has 0 saturated carbocycles. The summed E-state index contributed by atoms with van der Waals surface area (Å²) in [6.07, 6.45) is 1.34. The predicted octanol–water partition coefficient (Wildman–Crippen LogP) is 4.95. The van der Waals surface area contributed by atoms with Crippen molar-refractivity contribution in [1.82, 2.24) is 0 Å². The highest BCUT2D eigenvalue weighted by molar-refractivity contribution is 6.30. The van der Waals surface area contributed by atoms with Gasteiger partial charge in [-0.3, -0.25) is 0 Å². The molecule has 0 spiro atoms. The molecule has 0 amide bonds. The molecule has 1 atom stereocenters. The molecule has 0 fully saturated rings. The second kappa shape index (κ2) is 7.66. The Morgan fingerprint density at radius 2 is 2.00 bits per heavy atom. The lowest BCUT2D eigenvalue weighted by molar-refractivity contribution is 0.305. The zero-order chi connectivity index (χ0) is 15.1. The number of hydrogen-bond donors (Lipinski definition) is 0. The smallest absolute Gasteiger partial charge is 0.123 e. The van der Waals surface area contributed by atoms with E-state index in [2.05, 4.69) is 6.07 Å². The highest BCUT2D eigenvalue weighted by atomic mass is 35.5. The van der Waals surface area contributed by atoms with E-state index in [1.807, 2.05) is 12.1 Å². The van der Waals surface area contributed by atoms with E-state index in [1.165, 1.54) is 12.1 Å². The highest BCUT2D eigenvalue weighted by Gasteiger charge is 2.11. The number of nitriles is 1. The van der Waals surface area contributed by atoms with E-state index in [1.54, 1.807) is 24.3 Å². The van der Waals surface area contributed by atoms with Gasteiger partial charge in [0.25, 0.3) is 0 Å². The van der Waals surface area contributed by atoms with Gasteiger partial charge in [-0.1, -0.05) is 29.8 Å². The van der Waals surface area contributed by atoms with Gasteiger partial charge in [-0.05, 0) is 48.7 Å². The zero-order valence-corrected chi connectivity index (χ0v) is 12.2. The number of hydrogen-bond acceptors (Lipinski definition) is 2. The standard InChI is InChI=1S/C17H15ClFNO/c18-15-6-2-8-17(11-15)21-9-3-5-14(12-20)13-4-1-7-16(19)10-13/h1-2,4,6-8,10-11,14H,3,5,9H2. The molecule has 0 aromatic heterocycles. The lowest BCUT2D eigenvalue weighted by Crippen LogP contribution is -2.02. The van der Waals surface area contributed by atoms with Gasteiger partial charge in [-0.15, -0.1) is 0 Å². The Labute approximate surface area is 128 Å². The van der Waals surface area contributed by atoms with Gasteiger partial charge in [-0.2, -0.15) is 5.26 Å². The molecular weight excluding hydrogens is 289 g/mol. The predicted molar refractivity (Wildman–Crippen MR) is 80.9 cm³/mol. The van der Waals surface area contributed by atoms with Crippen LogP contribution >= 0.6 is 11.6 Å². The molecule has 21 heavy (non-hydrogen) atoms. The molecule has 4 heteroatoms. The summed E-state index contributed by atoms with van der Waals surface area (Å²) >= 11 is 5.87. The second-order valence-electron chi connectivity index (χ2n) is 4.68. The van der Waals surface area contributed by atoms with E-state index >= 15 is 0 Å². The van der Waals surface area contributed by atoms with Gasteiger partial charge in [0.15, 0.2) is 0 Å². The lowest BCUT2D eigenvalue weighted by Gasteiger charge is -2.10. The Bertz CT molecular complexity index is 639. The van der Waals surface area contributed by atoms with Crippen LogP contribution in [0.5, 0.6) is 5.75 Å². The van der Waals surface area contributed by atoms with E-state index in [0.717, 1.165) is 0 Å². The maximum absolute atomic E-state index is 13.2. The van der Waals surface area contributed by atoms with Crippen molar-refractivity contribution in [3.8, 4) is 11.8 Å². The maximum Gasteiger partial charge on any atom is 0.123 e. The first-order valence-corrected chi connectivity index (χ1v) is 7.10. The third-order valence-electron chi connectivity index (χ3n) is 3.11. The first kappa shape index (κ1) is 15.3. The molecule has 2 aromatic rings. The van der Waals surface area contributed by atoms with Crippen molar-refractivity contribution in [2.45, 2.75) is 18.8 Å². The van der Waals surface area contributed by atoms with Gasteiger partial charge >= 0.3 is 0 Å². The van der Waals surface area contributed by atoms with Crippen LogP contribution in [0.15, 0.2) is 48.5 Å².